The summed E-state index contributed by atoms with van der Waals surface area (Å²) < 4.78 is 38.5. The third kappa shape index (κ3) is 3.99. The number of hydrogen-bond acceptors (Lipinski definition) is 2. The fraction of sp³-hybridized carbons (Fsp3) is 0.364. The van der Waals surface area contributed by atoms with Crippen molar-refractivity contribution in [2.24, 2.45) is 5.92 Å². The number of alkyl halides is 3. The number of likely N-dealkylation sites (tertiary alicyclic amines) is 1. The summed E-state index contributed by atoms with van der Waals surface area (Å²) in [5.41, 5.74) is 3.48. The van der Waals surface area contributed by atoms with Crippen molar-refractivity contribution in [1.82, 2.24) is 4.90 Å². The van der Waals surface area contributed by atoms with Crippen LogP contribution in [0.4, 0.5) is 18.9 Å². The number of amides is 2. The molecule has 4 nitrogen and oxygen atoms in total. The van der Waals surface area contributed by atoms with Gasteiger partial charge in [-0.25, -0.2) is 0 Å². The number of anilines is 1. The molecule has 0 spiro atoms. The molecular formula is C22H23F3N2O2. The summed E-state index contributed by atoms with van der Waals surface area (Å²) in [6.45, 7) is 6.10. The van der Waals surface area contributed by atoms with E-state index in [4.69, 9.17) is 0 Å². The summed E-state index contributed by atoms with van der Waals surface area (Å²) in [4.78, 5) is 27.1. The van der Waals surface area contributed by atoms with Gasteiger partial charge in [-0.3, -0.25) is 9.59 Å². The second-order valence-corrected chi connectivity index (χ2v) is 7.59. The Morgan fingerprint density at radius 1 is 1.03 bits per heavy atom. The van der Waals surface area contributed by atoms with Crippen LogP contribution in [0.25, 0.3) is 0 Å². The molecule has 1 fully saturated rings. The van der Waals surface area contributed by atoms with Crippen molar-refractivity contribution in [1.29, 1.82) is 0 Å². The van der Waals surface area contributed by atoms with Crippen LogP contribution in [0.3, 0.4) is 0 Å². The number of rotatable bonds is 3. The Kier molecular flexibility index (Phi) is 5.43. The number of nitrogens with zero attached hydrogens (tertiary/aromatic N) is 1. The van der Waals surface area contributed by atoms with E-state index in [2.05, 4.69) is 5.32 Å². The van der Waals surface area contributed by atoms with Crippen LogP contribution < -0.4 is 5.32 Å². The molecule has 0 saturated carbocycles. The summed E-state index contributed by atoms with van der Waals surface area (Å²) in [7, 11) is 1.59. The van der Waals surface area contributed by atoms with Crippen LogP contribution in [0.15, 0.2) is 36.4 Å². The molecule has 2 atom stereocenters. The Balaban J connectivity index is 1.88. The maximum atomic E-state index is 13.0. The van der Waals surface area contributed by atoms with Gasteiger partial charge >= 0.3 is 6.18 Å². The van der Waals surface area contributed by atoms with Crippen LogP contribution in [0, 0.1) is 26.7 Å². The normalized spacial score (nSPS) is 19.6. The third-order valence-electron chi connectivity index (χ3n) is 5.78. The van der Waals surface area contributed by atoms with Gasteiger partial charge in [0.05, 0.1) is 5.56 Å². The minimum Gasteiger partial charge on any atom is -0.344 e. The van der Waals surface area contributed by atoms with E-state index < -0.39 is 29.5 Å². The van der Waals surface area contributed by atoms with Gasteiger partial charge in [0.25, 0.3) is 0 Å². The molecular weight excluding hydrogens is 381 g/mol. The number of likely N-dealkylation sites (N-methyl/N-ethyl adjacent to an activating group) is 1. The molecule has 0 aliphatic carbocycles. The van der Waals surface area contributed by atoms with E-state index >= 15 is 0 Å². The fourth-order valence-corrected chi connectivity index (χ4v) is 3.71. The standard InChI is InChI=1S/C22H23F3N2O2/c1-12-5-10-18(14(3)13(12)2)26-20(28)19-17(11-27(4)21(19)29)15-6-8-16(9-7-15)22(23,24)25/h5-10,17,19H,11H2,1-4H3,(H,26,28)/t17-,19+/m1/s1. The number of aryl methyl sites for hydroxylation is 1. The van der Waals surface area contributed by atoms with Gasteiger partial charge in [0, 0.05) is 25.2 Å². The molecule has 2 aromatic carbocycles. The maximum absolute atomic E-state index is 13.0. The molecule has 1 aliphatic rings. The Bertz CT molecular complexity index is 952. The highest BCUT2D eigenvalue weighted by Gasteiger charge is 2.44. The highest BCUT2D eigenvalue weighted by atomic mass is 19.4. The molecule has 0 unspecified atom stereocenters. The predicted octanol–water partition coefficient (Wildman–Crippen LogP) is 4.44. The van der Waals surface area contributed by atoms with Gasteiger partial charge in [-0.15, -0.1) is 0 Å². The molecule has 3 rings (SSSR count). The third-order valence-corrected chi connectivity index (χ3v) is 5.78. The second-order valence-electron chi connectivity index (χ2n) is 7.59. The molecule has 1 heterocycles. The van der Waals surface area contributed by atoms with Crippen molar-refractivity contribution in [2.75, 3.05) is 18.9 Å². The van der Waals surface area contributed by atoms with Gasteiger partial charge in [0.15, 0.2) is 0 Å². The molecule has 29 heavy (non-hydrogen) atoms. The van der Waals surface area contributed by atoms with Crippen LogP contribution in [0.5, 0.6) is 0 Å². The van der Waals surface area contributed by atoms with Crippen molar-refractivity contribution in [3.05, 3.63) is 64.2 Å². The van der Waals surface area contributed by atoms with Gasteiger partial charge in [-0.2, -0.15) is 13.2 Å². The maximum Gasteiger partial charge on any atom is 0.416 e. The monoisotopic (exact) mass is 404 g/mol. The highest BCUT2D eigenvalue weighted by Crippen LogP contribution is 2.36. The van der Waals surface area contributed by atoms with Crippen molar-refractivity contribution >= 4 is 17.5 Å². The topological polar surface area (TPSA) is 49.4 Å². The molecule has 0 aromatic heterocycles. The zero-order valence-corrected chi connectivity index (χ0v) is 16.7. The molecule has 2 amide bonds. The molecule has 1 aliphatic heterocycles. The Hall–Kier alpha value is -2.83. The number of halogens is 3. The lowest BCUT2D eigenvalue weighted by Crippen LogP contribution is -2.33. The lowest BCUT2D eigenvalue weighted by atomic mass is 9.87. The SMILES string of the molecule is Cc1ccc(NC(=O)[C@H]2C(=O)N(C)C[C@@H]2c2ccc(C(F)(F)F)cc2)c(C)c1C. The molecule has 1 N–H and O–H groups in total. The predicted molar refractivity (Wildman–Crippen MR) is 105 cm³/mol. The molecule has 1 saturated heterocycles. The summed E-state index contributed by atoms with van der Waals surface area (Å²) >= 11 is 0. The quantitative estimate of drug-likeness (QED) is 0.769. The number of carbonyl (C=O) groups is 2. The van der Waals surface area contributed by atoms with Crippen LogP contribution in [0.2, 0.25) is 0 Å². The summed E-state index contributed by atoms with van der Waals surface area (Å²) in [5, 5.41) is 2.84. The van der Waals surface area contributed by atoms with Gasteiger partial charge < -0.3 is 10.2 Å². The number of benzene rings is 2. The van der Waals surface area contributed by atoms with Crippen LogP contribution >= 0.6 is 0 Å². The minimum absolute atomic E-state index is 0.272. The average Bonchev–Trinajstić information content (AvgIpc) is 2.96. The van der Waals surface area contributed by atoms with E-state index in [9.17, 15) is 22.8 Å². The van der Waals surface area contributed by atoms with Crippen molar-refractivity contribution in [3.8, 4) is 0 Å². The van der Waals surface area contributed by atoms with Gasteiger partial charge in [0.2, 0.25) is 11.8 Å². The van der Waals surface area contributed by atoms with E-state index in [0.717, 1.165) is 28.8 Å². The van der Waals surface area contributed by atoms with Crippen LogP contribution in [-0.4, -0.2) is 30.3 Å². The summed E-state index contributed by atoms with van der Waals surface area (Å²) in [6.07, 6.45) is -4.43. The smallest absolute Gasteiger partial charge is 0.344 e. The van der Waals surface area contributed by atoms with Gasteiger partial charge in [-0.05, 0) is 61.2 Å². The zero-order chi connectivity index (χ0) is 21.5. The number of hydrogen-bond donors (Lipinski definition) is 1. The van der Waals surface area contributed by atoms with Crippen molar-refractivity contribution in [2.45, 2.75) is 32.9 Å². The molecule has 154 valence electrons. The van der Waals surface area contributed by atoms with E-state index in [0.29, 0.717) is 11.3 Å². The van der Waals surface area contributed by atoms with Gasteiger partial charge in [-0.1, -0.05) is 18.2 Å². The molecule has 0 radical (unpaired) electrons. The number of nitrogens with one attached hydrogen (secondary N) is 1. The summed E-state index contributed by atoms with van der Waals surface area (Å²) in [6, 6.07) is 8.36. The van der Waals surface area contributed by atoms with Crippen LogP contribution in [-0.2, 0) is 15.8 Å². The largest absolute Gasteiger partial charge is 0.416 e. The Labute approximate surface area is 167 Å². The minimum atomic E-state index is -4.43. The summed E-state index contributed by atoms with van der Waals surface area (Å²) in [5.74, 6) is -2.29. The van der Waals surface area contributed by atoms with E-state index in [1.54, 1.807) is 13.1 Å². The van der Waals surface area contributed by atoms with Crippen molar-refractivity contribution < 1.29 is 22.8 Å². The first-order valence-corrected chi connectivity index (χ1v) is 9.30. The van der Waals surface area contributed by atoms with Gasteiger partial charge in [0.1, 0.15) is 5.92 Å². The zero-order valence-electron chi connectivity index (χ0n) is 16.7. The first-order valence-electron chi connectivity index (χ1n) is 9.30. The Morgan fingerprint density at radius 2 is 1.66 bits per heavy atom. The van der Waals surface area contributed by atoms with Crippen molar-refractivity contribution in [3.63, 3.8) is 0 Å². The highest BCUT2D eigenvalue weighted by molar-refractivity contribution is 6.08. The second kappa shape index (κ2) is 7.54. The number of carbonyl (C=O) groups excluding carboxylic acids is 2. The molecule has 2 aromatic rings. The molecule has 0 bridgehead atoms. The average molecular weight is 404 g/mol. The first kappa shape index (κ1) is 20.9. The Morgan fingerprint density at radius 3 is 2.24 bits per heavy atom. The van der Waals surface area contributed by atoms with Crippen LogP contribution in [0.1, 0.15) is 33.7 Å². The lowest BCUT2D eigenvalue weighted by Gasteiger charge is -2.19. The van der Waals surface area contributed by atoms with E-state index in [1.807, 2.05) is 26.8 Å². The first-order chi connectivity index (χ1) is 13.5. The lowest BCUT2D eigenvalue weighted by molar-refractivity contribution is -0.138. The van der Waals surface area contributed by atoms with E-state index in [1.165, 1.54) is 17.0 Å². The van der Waals surface area contributed by atoms with E-state index in [-0.39, 0.29) is 12.5 Å². The molecule has 7 heteroatoms. The fourth-order valence-electron chi connectivity index (χ4n) is 3.71.